The van der Waals surface area contributed by atoms with E-state index < -0.39 is 0 Å². The first-order chi connectivity index (χ1) is 8.75. The van der Waals surface area contributed by atoms with Gasteiger partial charge in [0.1, 0.15) is 5.82 Å². The van der Waals surface area contributed by atoms with E-state index in [0.29, 0.717) is 5.92 Å². The van der Waals surface area contributed by atoms with E-state index in [2.05, 4.69) is 39.9 Å². The molecule has 0 saturated heterocycles. The topological polar surface area (TPSA) is 56.2 Å². The molecule has 0 aromatic carbocycles. The van der Waals surface area contributed by atoms with Crippen molar-refractivity contribution in [2.45, 2.75) is 51.0 Å². The third kappa shape index (κ3) is 2.01. The zero-order valence-corrected chi connectivity index (χ0v) is 10.8. The molecule has 96 valence electrons. The molecule has 18 heavy (non-hydrogen) atoms. The predicted octanol–water partition coefficient (Wildman–Crippen LogP) is 2.41. The summed E-state index contributed by atoms with van der Waals surface area (Å²) in [5.74, 6) is 1.39. The van der Waals surface area contributed by atoms with Crippen molar-refractivity contribution in [2.24, 2.45) is 5.73 Å². The minimum atomic E-state index is 0.223. The van der Waals surface area contributed by atoms with Crippen LogP contribution in [-0.2, 0) is 0 Å². The molecule has 2 unspecified atom stereocenters. The van der Waals surface area contributed by atoms with Crippen molar-refractivity contribution in [1.29, 1.82) is 0 Å². The second kappa shape index (κ2) is 4.69. The quantitative estimate of drug-likeness (QED) is 0.784. The van der Waals surface area contributed by atoms with Crippen LogP contribution in [0.25, 0.3) is 5.65 Å². The van der Waals surface area contributed by atoms with E-state index in [1.165, 1.54) is 24.8 Å². The first-order valence-electron chi connectivity index (χ1n) is 6.82. The van der Waals surface area contributed by atoms with Gasteiger partial charge in [0, 0.05) is 18.2 Å². The monoisotopic (exact) mass is 244 g/mol. The third-order valence-electron chi connectivity index (χ3n) is 3.99. The van der Waals surface area contributed by atoms with Gasteiger partial charge in [-0.3, -0.25) is 4.40 Å². The molecule has 0 radical (unpaired) electrons. The van der Waals surface area contributed by atoms with Crippen LogP contribution < -0.4 is 5.73 Å². The molecule has 2 heterocycles. The predicted molar refractivity (Wildman–Crippen MR) is 71.5 cm³/mol. The van der Waals surface area contributed by atoms with E-state index in [1.807, 2.05) is 0 Å². The van der Waals surface area contributed by atoms with Crippen LogP contribution in [0.1, 0.15) is 49.4 Å². The lowest BCUT2D eigenvalue weighted by Crippen LogP contribution is -2.28. The number of hydrogen-bond donors (Lipinski definition) is 1. The van der Waals surface area contributed by atoms with Crippen LogP contribution >= 0.6 is 0 Å². The van der Waals surface area contributed by atoms with Gasteiger partial charge < -0.3 is 5.73 Å². The number of nitrogens with zero attached hydrogens (tertiary/aromatic N) is 3. The van der Waals surface area contributed by atoms with Crippen LogP contribution in [0, 0.1) is 6.92 Å². The fraction of sp³-hybridized carbons (Fsp3) is 0.571. The highest BCUT2D eigenvalue weighted by Crippen LogP contribution is 2.30. The maximum Gasteiger partial charge on any atom is 0.161 e. The minimum Gasteiger partial charge on any atom is -0.327 e. The summed E-state index contributed by atoms with van der Waals surface area (Å²) in [6.07, 6.45) is 8.09. The summed E-state index contributed by atoms with van der Waals surface area (Å²) in [7, 11) is 0. The molecule has 0 bridgehead atoms. The molecule has 2 N–H and O–H groups in total. The molecule has 4 heteroatoms. The van der Waals surface area contributed by atoms with Crippen molar-refractivity contribution >= 4 is 5.65 Å². The minimum absolute atomic E-state index is 0.223. The summed E-state index contributed by atoms with van der Waals surface area (Å²) in [5.41, 5.74) is 8.46. The molecule has 4 nitrogen and oxygen atoms in total. The van der Waals surface area contributed by atoms with Crippen LogP contribution in [0.5, 0.6) is 0 Å². The van der Waals surface area contributed by atoms with Crippen molar-refractivity contribution in [2.75, 3.05) is 0 Å². The molecule has 0 aliphatic heterocycles. The number of pyridine rings is 1. The van der Waals surface area contributed by atoms with E-state index in [4.69, 9.17) is 5.73 Å². The standard InChI is InChI=1S/C14H20N4/c1-10-7-8-18-13(9-10)16-17-14(18)11-5-3-2-4-6-12(11)15/h7-9,11-12H,2-6,15H2,1H3. The molecule has 1 aliphatic rings. The molecule has 1 aliphatic carbocycles. The summed E-state index contributed by atoms with van der Waals surface area (Å²) in [4.78, 5) is 0. The zero-order chi connectivity index (χ0) is 12.5. The summed E-state index contributed by atoms with van der Waals surface area (Å²) < 4.78 is 2.10. The van der Waals surface area contributed by atoms with Gasteiger partial charge in [-0.2, -0.15) is 0 Å². The van der Waals surface area contributed by atoms with E-state index in [9.17, 15) is 0 Å². The third-order valence-corrected chi connectivity index (χ3v) is 3.99. The Balaban J connectivity index is 2.02. The Morgan fingerprint density at radius 3 is 2.94 bits per heavy atom. The zero-order valence-electron chi connectivity index (χ0n) is 10.8. The van der Waals surface area contributed by atoms with E-state index >= 15 is 0 Å². The van der Waals surface area contributed by atoms with Gasteiger partial charge in [-0.05, 0) is 37.5 Å². The molecule has 1 fully saturated rings. The Morgan fingerprint density at radius 1 is 1.22 bits per heavy atom. The summed E-state index contributed by atoms with van der Waals surface area (Å²) in [5, 5.41) is 8.66. The maximum atomic E-state index is 6.31. The van der Waals surface area contributed by atoms with Crippen LogP contribution in [-0.4, -0.2) is 20.6 Å². The second-order valence-electron chi connectivity index (χ2n) is 5.40. The number of fused-ring (bicyclic) bond motifs is 1. The van der Waals surface area contributed by atoms with Gasteiger partial charge in [0.2, 0.25) is 0 Å². The average molecular weight is 244 g/mol. The second-order valence-corrected chi connectivity index (χ2v) is 5.40. The largest absolute Gasteiger partial charge is 0.327 e. The number of nitrogens with two attached hydrogens (primary N) is 1. The number of rotatable bonds is 1. The summed E-state index contributed by atoms with van der Waals surface area (Å²) in [6, 6.07) is 4.39. The lowest BCUT2D eigenvalue weighted by molar-refractivity contribution is 0.480. The Hall–Kier alpha value is -1.42. The van der Waals surface area contributed by atoms with Crippen molar-refractivity contribution in [1.82, 2.24) is 14.6 Å². The lowest BCUT2D eigenvalue weighted by atomic mass is 9.95. The Morgan fingerprint density at radius 2 is 2.06 bits per heavy atom. The Bertz CT molecular complexity index is 546. The van der Waals surface area contributed by atoms with E-state index in [-0.39, 0.29) is 6.04 Å². The van der Waals surface area contributed by atoms with Crippen LogP contribution in [0.4, 0.5) is 0 Å². The summed E-state index contributed by atoms with van der Waals surface area (Å²) >= 11 is 0. The molecule has 3 rings (SSSR count). The number of hydrogen-bond acceptors (Lipinski definition) is 3. The van der Waals surface area contributed by atoms with Crippen LogP contribution in [0.3, 0.4) is 0 Å². The molecule has 2 atom stereocenters. The normalized spacial score (nSPS) is 25.2. The Kier molecular flexibility index (Phi) is 3.04. The molecular formula is C14H20N4. The first kappa shape index (κ1) is 11.7. The average Bonchev–Trinajstić information content (AvgIpc) is 2.64. The number of aryl methyl sites for hydroxylation is 1. The molecule has 2 aromatic heterocycles. The van der Waals surface area contributed by atoms with Crippen LogP contribution in [0.15, 0.2) is 18.3 Å². The van der Waals surface area contributed by atoms with Gasteiger partial charge in [-0.1, -0.05) is 19.3 Å². The van der Waals surface area contributed by atoms with E-state index in [1.54, 1.807) is 0 Å². The van der Waals surface area contributed by atoms with E-state index in [0.717, 1.165) is 24.3 Å². The highest BCUT2D eigenvalue weighted by atomic mass is 15.2. The fourth-order valence-corrected chi connectivity index (χ4v) is 2.92. The van der Waals surface area contributed by atoms with Gasteiger partial charge in [0.25, 0.3) is 0 Å². The van der Waals surface area contributed by atoms with Gasteiger partial charge in [0.15, 0.2) is 5.65 Å². The molecular weight excluding hydrogens is 224 g/mol. The van der Waals surface area contributed by atoms with Gasteiger partial charge in [-0.15, -0.1) is 10.2 Å². The van der Waals surface area contributed by atoms with Crippen LogP contribution in [0.2, 0.25) is 0 Å². The van der Waals surface area contributed by atoms with Crippen molar-refractivity contribution in [3.63, 3.8) is 0 Å². The SMILES string of the molecule is Cc1ccn2c(C3CCCCCC3N)nnc2c1. The fourth-order valence-electron chi connectivity index (χ4n) is 2.92. The lowest BCUT2D eigenvalue weighted by Gasteiger charge is -2.19. The van der Waals surface area contributed by atoms with Gasteiger partial charge in [0.05, 0.1) is 0 Å². The highest BCUT2D eigenvalue weighted by Gasteiger charge is 2.26. The Labute approximate surface area is 107 Å². The first-order valence-corrected chi connectivity index (χ1v) is 6.82. The molecule has 0 spiro atoms. The maximum absolute atomic E-state index is 6.31. The molecule has 1 saturated carbocycles. The molecule has 0 amide bonds. The highest BCUT2D eigenvalue weighted by molar-refractivity contribution is 5.41. The van der Waals surface area contributed by atoms with Crippen molar-refractivity contribution in [3.8, 4) is 0 Å². The van der Waals surface area contributed by atoms with Gasteiger partial charge >= 0.3 is 0 Å². The van der Waals surface area contributed by atoms with Crippen molar-refractivity contribution < 1.29 is 0 Å². The summed E-state index contributed by atoms with van der Waals surface area (Å²) in [6.45, 7) is 2.08. The number of aromatic nitrogens is 3. The smallest absolute Gasteiger partial charge is 0.161 e. The van der Waals surface area contributed by atoms with Crippen molar-refractivity contribution in [3.05, 3.63) is 29.7 Å². The molecule has 2 aromatic rings. The van der Waals surface area contributed by atoms with Gasteiger partial charge in [-0.25, -0.2) is 0 Å².